The number of halogens is 3. The van der Waals surface area contributed by atoms with Crippen LogP contribution in [0.1, 0.15) is 56.8 Å². The first-order valence-electron chi connectivity index (χ1n) is 18.1. The Morgan fingerprint density at radius 2 is 1.19 bits per heavy atom. The van der Waals surface area contributed by atoms with Crippen molar-refractivity contribution in [2.24, 2.45) is 11.5 Å². The van der Waals surface area contributed by atoms with Gasteiger partial charge in [0.25, 0.3) is 0 Å². The van der Waals surface area contributed by atoms with E-state index in [0.717, 1.165) is 35.3 Å². The number of aromatic nitrogens is 2. The first-order valence-corrected chi connectivity index (χ1v) is 18.4. The van der Waals surface area contributed by atoms with Crippen molar-refractivity contribution < 1.29 is 37.8 Å². The molecule has 2 aliphatic heterocycles. The number of piperazine rings is 2. The molecule has 0 aliphatic carbocycles. The third-order valence-electron chi connectivity index (χ3n) is 9.11. The van der Waals surface area contributed by atoms with E-state index in [2.05, 4.69) is 19.8 Å². The average molecular weight is 809 g/mol. The van der Waals surface area contributed by atoms with E-state index in [-0.39, 0.29) is 46.3 Å². The highest BCUT2D eigenvalue weighted by atomic mass is 35.5. The molecular weight excluding hydrogens is 762 g/mol. The Morgan fingerprint density at radius 3 is 1.61 bits per heavy atom. The Morgan fingerprint density at radius 1 is 0.719 bits per heavy atom. The first kappa shape index (κ1) is 44.0. The molecule has 0 spiro atoms. The van der Waals surface area contributed by atoms with E-state index in [4.69, 9.17) is 32.9 Å². The molecule has 0 radical (unpaired) electrons. The lowest BCUT2D eigenvalue weighted by Gasteiger charge is -2.39. The molecule has 4 heterocycles. The van der Waals surface area contributed by atoms with Gasteiger partial charge >= 0.3 is 11.5 Å². The van der Waals surface area contributed by atoms with Gasteiger partial charge in [0.05, 0.1) is 23.5 Å². The highest BCUT2D eigenvalue weighted by Gasteiger charge is 2.29. The Hall–Kier alpha value is -5.71. The van der Waals surface area contributed by atoms with Crippen molar-refractivity contribution >= 4 is 34.9 Å². The molecule has 304 valence electrons. The second kappa shape index (κ2) is 20.5. The lowest BCUT2D eigenvalue weighted by atomic mass is 10.1. The number of nitrogens with zero attached hydrogens (tertiary/aromatic N) is 6. The normalized spacial score (nSPS) is 17.0. The van der Waals surface area contributed by atoms with Gasteiger partial charge in [0.1, 0.15) is 17.4 Å². The predicted molar refractivity (Wildman–Crippen MR) is 210 cm³/mol. The molecule has 5 N–H and O–H groups in total. The van der Waals surface area contributed by atoms with Gasteiger partial charge in [0.15, 0.2) is 5.75 Å². The van der Waals surface area contributed by atoms with Crippen LogP contribution in [0.2, 0.25) is 0 Å². The van der Waals surface area contributed by atoms with Crippen LogP contribution in [0.5, 0.6) is 11.5 Å². The standard InChI is InChI=1S/C20H23FN4O3.C14H18ClFN2O.C6H6N2O2/c1-13-5-15(7-17(21)6-13)12-24-3-4-25(14(2)11-24)20(27)28-18-8-16(19(22)26)9-23-10-18;1-10-5-12(7-13(16)6-10)9-17-3-4-18(14(15)19)11(2)8-17;7-6(10)4-1-5(9)3-8-2-4/h5-10,14H,3-4,11-12H2,1-2H3,(H2,22,26);5-7,11H,3-4,8-9H2,1-2H3;1-3,9H,(H2,7,10)/t14-;11-;/m11./s1. The van der Waals surface area contributed by atoms with Gasteiger partial charge < -0.3 is 31.1 Å². The second-order valence-electron chi connectivity index (χ2n) is 14.0. The summed E-state index contributed by atoms with van der Waals surface area (Å²) in [5.74, 6) is -1.56. The minimum absolute atomic E-state index is 0.0590. The fraction of sp³-hybridized carbons (Fsp3) is 0.350. The van der Waals surface area contributed by atoms with Gasteiger partial charge in [-0.1, -0.05) is 12.1 Å². The maximum Gasteiger partial charge on any atom is 0.415 e. The zero-order valence-corrected chi connectivity index (χ0v) is 33.0. The summed E-state index contributed by atoms with van der Waals surface area (Å²) in [6.07, 6.45) is 4.69. The number of benzene rings is 2. The molecule has 17 heteroatoms. The molecule has 14 nitrogen and oxygen atoms in total. The molecular formula is C40H47ClF2N8O6. The third-order valence-corrected chi connectivity index (χ3v) is 9.33. The van der Waals surface area contributed by atoms with Crippen LogP contribution in [0.3, 0.4) is 0 Å². The summed E-state index contributed by atoms with van der Waals surface area (Å²) in [7, 11) is 0. The summed E-state index contributed by atoms with van der Waals surface area (Å²) in [6, 6.07) is 12.7. The Labute approximate surface area is 335 Å². The number of hydrogen-bond donors (Lipinski definition) is 3. The number of carbonyl (C=O) groups excluding carboxylic acids is 4. The average Bonchev–Trinajstić information content (AvgIpc) is 3.11. The number of aryl methyl sites for hydroxylation is 2. The lowest BCUT2D eigenvalue weighted by molar-refractivity contribution is 0.0750. The highest BCUT2D eigenvalue weighted by molar-refractivity contribution is 6.62. The summed E-state index contributed by atoms with van der Waals surface area (Å²) < 4.78 is 32.3. The number of nitrogens with two attached hydrogens (primary N) is 2. The zero-order chi connectivity index (χ0) is 41.8. The fourth-order valence-electron chi connectivity index (χ4n) is 6.54. The number of pyridine rings is 2. The van der Waals surface area contributed by atoms with Crippen LogP contribution in [-0.2, 0) is 13.1 Å². The molecule has 0 unspecified atom stereocenters. The van der Waals surface area contributed by atoms with Crippen molar-refractivity contribution in [1.29, 1.82) is 0 Å². The van der Waals surface area contributed by atoms with E-state index in [1.165, 1.54) is 55.1 Å². The molecule has 6 rings (SSSR count). The molecule has 2 saturated heterocycles. The smallest absolute Gasteiger partial charge is 0.415 e. The number of primary amides is 2. The van der Waals surface area contributed by atoms with Gasteiger partial charge in [-0.25, -0.2) is 13.6 Å². The van der Waals surface area contributed by atoms with Crippen LogP contribution < -0.4 is 16.2 Å². The van der Waals surface area contributed by atoms with E-state index in [1.807, 2.05) is 39.8 Å². The van der Waals surface area contributed by atoms with Crippen molar-refractivity contribution in [3.8, 4) is 11.5 Å². The van der Waals surface area contributed by atoms with Crippen molar-refractivity contribution in [3.05, 3.63) is 118 Å². The predicted octanol–water partition coefficient (Wildman–Crippen LogP) is 5.22. The molecule has 4 amide bonds. The highest BCUT2D eigenvalue weighted by Crippen LogP contribution is 2.19. The minimum atomic E-state index is -0.639. The molecule has 57 heavy (non-hydrogen) atoms. The van der Waals surface area contributed by atoms with E-state index in [0.29, 0.717) is 39.3 Å². The first-order chi connectivity index (χ1) is 27.0. The van der Waals surface area contributed by atoms with Crippen molar-refractivity contribution in [1.82, 2.24) is 29.6 Å². The molecule has 2 aliphatic rings. The number of ether oxygens (including phenoxy) is 1. The summed E-state index contributed by atoms with van der Waals surface area (Å²) in [5, 5.41) is 8.40. The monoisotopic (exact) mass is 808 g/mol. The van der Waals surface area contributed by atoms with E-state index < -0.39 is 23.3 Å². The van der Waals surface area contributed by atoms with Gasteiger partial charge in [-0.05, 0) is 97.9 Å². The lowest BCUT2D eigenvalue weighted by Crippen LogP contribution is -2.54. The van der Waals surface area contributed by atoms with Crippen LogP contribution in [0, 0.1) is 25.5 Å². The van der Waals surface area contributed by atoms with E-state index >= 15 is 0 Å². The molecule has 2 atom stereocenters. The molecule has 0 saturated carbocycles. The fourth-order valence-corrected chi connectivity index (χ4v) is 6.79. The largest absolute Gasteiger partial charge is 0.506 e. The van der Waals surface area contributed by atoms with Crippen LogP contribution in [0.15, 0.2) is 73.3 Å². The van der Waals surface area contributed by atoms with Crippen LogP contribution in [0.25, 0.3) is 0 Å². The molecule has 2 aromatic carbocycles. The van der Waals surface area contributed by atoms with Crippen LogP contribution in [0.4, 0.5) is 18.4 Å². The second-order valence-corrected chi connectivity index (χ2v) is 14.3. The summed E-state index contributed by atoms with van der Waals surface area (Å²) >= 11 is 5.52. The van der Waals surface area contributed by atoms with Crippen LogP contribution >= 0.6 is 11.6 Å². The van der Waals surface area contributed by atoms with Gasteiger partial charge in [-0.2, -0.15) is 0 Å². The van der Waals surface area contributed by atoms with Crippen molar-refractivity contribution in [2.45, 2.75) is 52.9 Å². The molecule has 2 fully saturated rings. The topological polar surface area (TPSA) is 189 Å². The summed E-state index contributed by atoms with van der Waals surface area (Å²) in [5.41, 5.74) is 14.2. The molecule has 0 bridgehead atoms. The maximum atomic E-state index is 13.6. The van der Waals surface area contributed by atoms with Gasteiger partial charge in [0, 0.05) is 76.8 Å². The Bertz CT molecular complexity index is 2020. The van der Waals surface area contributed by atoms with E-state index in [1.54, 1.807) is 15.9 Å². The number of carbonyl (C=O) groups is 4. The van der Waals surface area contributed by atoms with Gasteiger partial charge in [0.2, 0.25) is 11.8 Å². The maximum absolute atomic E-state index is 13.6. The van der Waals surface area contributed by atoms with Gasteiger partial charge in [-0.3, -0.25) is 34.2 Å². The number of amides is 4. The number of hydrogen-bond acceptors (Lipinski definition) is 10. The Balaban J connectivity index is 0.000000213. The number of rotatable bonds is 7. The quantitative estimate of drug-likeness (QED) is 0.165. The molecule has 2 aromatic heterocycles. The SMILES string of the molecule is Cc1cc(F)cc(CN2CCN(C(=O)Cl)[C@H](C)C2)c1.Cc1cc(F)cc(CN2CCN(C(=O)Oc3cncc(C(N)=O)c3)[C@H](C)C2)c1.NC(=O)c1cncc(O)c1. The zero-order valence-electron chi connectivity index (χ0n) is 32.2. The van der Waals surface area contributed by atoms with Crippen LogP contribution in [-0.4, -0.2) is 109 Å². The number of aromatic hydroxyl groups is 1. The summed E-state index contributed by atoms with van der Waals surface area (Å²) in [4.78, 5) is 60.4. The Kier molecular flexibility index (Phi) is 15.8. The molecule has 4 aromatic rings. The summed E-state index contributed by atoms with van der Waals surface area (Å²) in [6.45, 7) is 12.9. The van der Waals surface area contributed by atoms with Crippen molar-refractivity contribution in [3.63, 3.8) is 0 Å². The van der Waals surface area contributed by atoms with Crippen molar-refractivity contribution in [2.75, 3.05) is 39.3 Å². The minimum Gasteiger partial charge on any atom is -0.506 e. The van der Waals surface area contributed by atoms with E-state index in [9.17, 15) is 28.0 Å². The third kappa shape index (κ3) is 13.8. The van der Waals surface area contributed by atoms with Gasteiger partial charge in [-0.15, -0.1) is 0 Å².